The normalized spacial score (nSPS) is 28.6. The van der Waals surface area contributed by atoms with Crippen molar-refractivity contribution in [3.63, 3.8) is 0 Å². The van der Waals surface area contributed by atoms with Gasteiger partial charge in [0.05, 0.1) is 19.3 Å². The van der Waals surface area contributed by atoms with Crippen molar-refractivity contribution >= 4 is 28.3 Å². The Morgan fingerprint density at radius 3 is 2.48 bits per heavy atom. The molecule has 3 unspecified atom stereocenters. The number of aliphatic hydroxyl groups excluding tert-OH is 1. The van der Waals surface area contributed by atoms with Gasteiger partial charge in [0.1, 0.15) is 22.5 Å². The van der Waals surface area contributed by atoms with E-state index in [-0.39, 0.29) is 45.1 Å². The molecule has 0 amide bonds. The fourth-order valence-corrected chi connectivity index (χ4v) is 4.32. The third-order valence-corrected chi connectivity index (χ3v) is 5.84. The summed E-state index contributed by atoms with van der Waals surface area (Å²) in [4.78, 5) is 24.8. The van der Waals surface area contributed by atoms with Crippen molar-refractivity contribution in [3.8, 4) is 11.5 Å². The zero-order valence-corrected chi connectivity index (χ0v) is 16.4. The molecular weight excluding hydrogens is 408 g/mol. The maximum Gasteiger partial charge on any atom is 0.347 e. The molecule has 2 heterocycles. The first kappa shape index (κ1) is 19.6. The quantitative estimate of drug-likeness (QED) is 0.610. The second-order valence-electron chi connectivity index (χ2n) is 7.05. The van der Waals surface area contributed by atoms with Crippen molar-refractivity contribution in [3.05, 3.63) is 44.7 Å². The van der Waals surface area contributed by atoms with Crippen LogP contribution < -0.4 is 10.4 Å². The van der Waals surface area contributed by atoms with Gasteiger partial charge in [0.2, 0.25) is 5.60 Å². The number of methoxy groups -OCH3 is 2. The number of aliphatic hydroxyl groups is 2. The number of ether oxygens (including phenoxy) is 3. The van der Waals surface area contributed by atoms with Crippen molar-refractivity contribution < 1.29 is 38.7 Å². The molecule has 154 valence electrons. The van der Waals surface area contributed by atoms with E-state index in [0.717, 1.165) is 0 Å². The Kier molecular flexibility index (Phi) is 4.13. The molecule has 3 atom stereocenters. The molecule has 1 aromatic carbocycles. The molecule has 9 nitrogen and oxygen atoms in total. The monoisotopic (exact) mass is 424 g/mol. The number of carbonyl (C=O) groups is 1. The van der Waals surface area contributed by atoms with Crippen LogP contribution in [-0.2, 0) is 25.5 Å². The van der Waals surface area contributed by atoms with Gasteiger partial charge in [-0.3, -0.25) is 0 Å². The maximum absolute atomic E-state index is 12.7. The van der Waals surface area contributed by atoms with Gasteiger partial charge in [-0.1, -0.05) is 11.6 Å². The first-order valence-electron chi connectivity index (χ1n) is 8.55. The summed E-state index contributed by atoms with van der Waals surface area (Å²) in [5.74, 6) is -1.61. The summed E-state index contributed by atoms with van der Waals surface area (Å²) in [5, 5.41) is 31.3. The average molecular weight is 425 g/mol. The Balaban J connectivity index is 2.22. The summed E-state index contributed by atoms with van der Waals surface area (Å²) >= 11 is 6.44. The summed E-state index contributed by atoms with van der Waals surface area (Å²) in [6.45, 7) is 1.34. The molecule has 2 aliphatic rings. The third-order valence-electron chi connectivity index (χ3n) is 5.30. The number of halogens is 1. The molecule has 1 fully saturated rings. The summed E-state index contributed by atoms with van der Waals surface area (Å²) in [5.41, 5.74) is -4.76. The van der Waals surface area contributed by atoms with Crippen molar-refractivity contribution in [1.82, 2.24) is 0 Å². The lowest BCUT2D eigenvalue weighted by Gasteiger charge is -2.40. The molecule has 29 heavy (non-hydrogen) atoms. The number of hydrogen-bond donors (Lipinski definition) is 3. The number of benzene rings is 1. The lowest BCUT2D eigenvalue weighted by Crippen LogP contribution is -2.42. The highest BCUT2D eigenvalue weighted by molar-refractivity contribution is 6.31. The van der Waals surface area contributed by atoms with Gasteiger partial charge in [-0.2, -0.15) is 0 Å². The minimum atomic E-state index is -1.94. The van der Waals surface area contributed by atoms with Gasteiger partial charge in [-0.25, -0.2) is 9.59 Å². The molecule has 0 saturated carbocycles. The number of fused-ring (bicyclic) bond motifs is 4. The second kappa shape index (κ2) is 6.12. The molecule has 1 spiro atoms. The summed E-state index contributed by atoms with van der Waals surface area (Å²) in [7, 11) is 2.61. The molecule has 3 N–H and O–H groups in total. The van der Waals surface area contributed by atoms with Crippen LogP contribution in [0.5, 0.6) is 11.5 Å². The number of phenolic OH excluding ortho intramolecular Hbond substituents is 1. The Morgan fingerprint density at radius 2 is 1.93 bits per heavy atom. The van der Waals surface area contributed by atoms with Crippen molar-refractivity contribution in [2.24, 2.45) is 0 Å². The van der Waals surface area contributed by atoms with E-state index in [2.05, 4.69) is 0 Å². The first-order valence-corrected chi connectivity index (χ1v) is 8.93. The number of carbonyl (C=O) groups excluding carboxylic acids is 1. The molecule has 0 radical (unpaired) electrons. The van der Waals surface area contributed by atoms with Gasteiger partial charge in [-0.05, 0) is 13.0 Å². The van der Waals surface area contributed by atoms with Crippen LogP contribution in [0, 0.1) is 0 Å². The van der Waals surface area contributed by atoms with Crippen LogP contribution in [0.4, 0.5) is 0 Å². The lowest BCUT2D eigenvalue weighted by atomic mass is 9.76. The van der Waals surface area contributed by atoms with Gasteiger partial charge in [-0.15, -0.1) is 0 Å². The molecule has 2 aromatic rings. The Bertz CT molecular complexity index is 1150. The standard InChI is InChI=1S/C19H17ClO9/c1-18(25)12-8-4-7(26-2)5-9(21)11(8)17(24)28-14(12)19(15(27-3)13(18)20)6-10(22)16(23)29-19/h4-5,10,21-22,25H,6H2,1-3H3. The summed E-state index contributed by atoms with van der Waals surface area (Å²) < 4.78 is 21.3. The third kappa shape index (κ3) is 2.41. The minimum Gasteiger partial charge on any atom is -0.507 e. The van der Waals surface area contributed by atoms with Gasteiger partial charge < -0.3 is 33.9 Å². The Hall–Kier alpha value is -2.75. The van der Waals surface area contributed by atoms with Gasteiger partial charge in [0.25, 0.3) is 0 Å². The van der Waals surface area contributed by atoms with Crippen LogP contribution in [0.1, 0.15) is 24.7 Å². The molecule has 1 aliphatic heterocycles. The van der Waals surface area contributed by atoms with Crippen molar-refractivity contribution in [1.29, 1.82) is 0 Å². The fourth-order valence-electron chi connectivity index (χ4n) is 4.00. The van der Waals surface area contributed by atoms with Crippen LogP contribution in [0.25, 0.3) is 10.8 Å². The highest BCUT2D eigenvalue weighted by Crippen LogP contribution is 2.56. The summed E-state index contributed by atoms with van der Waals surface area (Å²) in [6, 6.07) is 2.64. The van der Waals surface area contributed by atoms with E-state index >= 15 is 0 Å². The molecule has 1 aromatic heterocycles. The highest BCUT2D eigenvalue weighted by Gasteiger charge is 2.61. The zero-order valence-electron chi connectivity index (χ0n) is 15.6. The topological polar surface area (TPSA) is 136 Å². The first-order chi connectivity index (χ1) is 13.6. The van der Waals surface area contributed by atoms with E-state index in [9.17, 15) is 24.9 Å². The smallest absolute Gasteiger partial charge is 0.347 e. The number of rotatable bonds is 2. The van der Waals surface area contributed by atoms with Crippen LogP contribution in [-0.4, -0.2) is 41.6 Å². The van der Waals surface area contributed by atoms with Gasteiger partial charge in [0, 0.05) is 23.4 Å². The van der Waals surface area contributed by atoms with Crippen molar-refractivity contribution in [2.45, 2.75) is 30.7 Å². The number of aromatic hydroxyl groups is 1. The predicted molar refractivity (Wildman–Crippen MR) is 98.6 cm³/mol. The molecule has 1 aliphatic carbocycles. The largest absolute Gasteiger partial charge is 0.507 e. The highest BCUT2D eigenvalue weighted by atomic mass is 35.5. The zero-order chi connectivity index (χ0) is 21.3. The van der Waals surface area contributed by atoms with E-state index < -0.39 is 34.7 Å². The van der Waals surface area contributed by atoms with Crippen LogP contribution >= 0.6 is 11.6 Å². The Labute approximate surface area is 168 Å². The van der Waals surface area contributed by atoms with E-state index in [1.807, 2.05) is 0 Å². The molecule has 4 rings (SSSR count). The number of esters is 1. The molecule has 1 saturated heterocycles. The number of phenols is 1. The van der Waals surface area contributed by atoms with Crippen LogP contribution in [0.3, 0.4) is 0 Å². The van der Waals surface area contributed by atoms with E-state index in [1.165, 1.54) is 33.3 Å². The SMILES string of the molecule is COC1=C(Cl)C(C)(O)c2c(oc(=O)c3c(O)cc(OC)cc23)C12CC(O)C(=O)O2. The van der Waals surface area contributed by atoms with E-state index in [1.54, 1.807) is 0 Å². The van der Waals surface area contributed by atoms with E-state index in [0.29, 0.717) is 0 Å². The molecule has 10 heteroatoms. The lowest BCUT2D eigenvalue weighted by molar-refractivity contribution is -0.155. The maximum atomic E-state index is 12.7. The summed E-state index contributed by atoms with van der Waals surface area (Å²) in [6.07, 6.45) is -1.88. The number of hydrogen-bond acceptors (Lipinski definition) is 9. The van der Waals surface area contributed by atoms with Gasteiger partial charge in [0.15, 0.2) is 17.6 Å². The minimum absolute atomic E-state index is 0.0194. The molecule has 0 bridgehead atoms. The van der Waals surface area contributed by atoms with Crippen molar-refractivity contribution in [2.75, 3.05) is 14.2 Å². The van der Waals surface area contributed by atoms with Crippen LogP contribution in [0.15, 0.2) is 32.1 Å². The van der Waals surface area contributed by atoms with Crippen LogP contribution in [0.2, 0.25) is 0 Å². The predicted octanol–water partition coefficient (Wildman–Crippen LogP) is 1.33. The van der Waals surface area contributed by atoms with Gasteiger partial charge >= 0.3 is 11.6 Å². The second-order valence-corrected chi connectivity index (χ2v) is 7.43. The average Bonchev–Trinajstić information content (AvgIpc) is 2.95. The molecular formula is C19H17ClO9. The van der Waals surface area contributed by atoms with E-state index in [4.69, 9.17) is 30.2 Å². The Morgan fingerprint density at radius 1 is 1.24 bits per heavy atom. The fraction of sp³-hybridized carbons (Fsp3) is 0.368.